The summed E-state index contributed by atoms with van der Waals surface area (Å²) >= 11 is 6.53. The number of benzene rings is 2. The second kappa shape index (κ2) is 9.43. The Balaban J connectivity index is 1.83. The average Bonchev–Trinajstić information content (AvgIpc) is 2.80. The van der Waals surface area contributed by atoms with Crippen LogP contribution in [-0.4, -0.2) is 26.5 Å². The van der Waals surface area contributed by atoms with Crippen LogP contribution in [0.2, 0.25) is 5.02 Å². The summed E-state index contributed by atoms with van der Waals surface area (Å²) in [4.78, 5) is 12.9. The van der Waals surface area contributed by atoms with Crippen LogP contribution < -0.4 is 5.32 Å². The Morgan fingerprint density at radius 1 is 1.00 bits per heavy atom. The van der Waals surface area contributed by atoms with Gasteiger partial charge in [0.1, 0.15) is 17.5 Å². The van der Waals surface area contributed by atoms with Crippen molar-refractivity contribution in [2.24, 2.45) is 0 Å². The summed E-state index contributed by atoms with van der Waals surface area (Å²) in [6.45, 7) is 6.56. The number of aliphatic hydroxyl groups is 1. The minimum atomic E-state index is -2.91. The van der Waals surface area contributed by atoms with Crippen LogP contribution >= 0.6 is 11.6 Å². The molecule has 0 aliphatic rings. The molecule has 2 heterocycles. The summed E-state index contributed by atoms with van der Waals surface area (Å²) < 4.78 is 42.9. The normalized spacial score (nSPS) is 12.9. The lowest BCUT2D eigenvalue weighted by Crippen LogP contribution is -2.21. The molecule has 4 rings (SSSR count). The molecular weight excluding hydrogens is 477 g/mol. The maximum Gasteiger partial charge on any atom is 0.262 e. The summed E-state index contributed by atoms with van der Waals surface area (Å²) in [6.07, 6.45) is 0.237. The van der Waals surface area contributed by atoms with Gasteiger partial charge in [-0.1, -0.05) is 35.4 Å². The minimum Gasteiger partial charge on any atom is -0.382 e. The van der Waals surface area contributed by atoms with Gasteiger partial charge in [0.05, 0.1) is 21.9 Å². The molecule has 0 spiro atoms. The number of fused-ring (bicyclic) bond motifs is 1. The number of halogens is 4. The Bertz CT molecular complexity index is 1390. The van der Waals surface area contributed by atoms with E-state index in [1.54, 1.807) is 58.3 Å². The van der Waals surface area contributed by atoms with Crippen LogP contribution in [0.1, 0.15) is 42.5 Å². The van der Waals surface area contributed by atoms with Crippen LogP contribution in [0.4, 0.5) is 18.9 Å². The molecule has 9 heteroatoms. The third-order valence-corrected chi connectivity index (χ3v) is 6.12. The predicted octanol–water partition coefficient (Wildman–Crippen LogP) is 6.75. The highest BCUT2D eigenvalue weighted by Gasteiger charge is 2.28. The first kappa shape index (κ1) is 24.9. The second-order valence-electron chi connectivity index (χ2n) is 8.95. The van der Waals surface area contributed by atoms with Crippen molar-refractivity contribution in [2.75, 3.05) is 5.32 Å². The van der Waals surface area contributed by atoms with Crippen LogP contribution in [0, 0.1) is 19.7 Å². The number of pyridine rings is 1. The van der Waals surface area contributed by atoms with Crippen molar-refractivity contribution in [3.63, 3.8) is 0 Å². The van der Waals surface area contributed by atoms with Crippen LogP contribution in [0.5, 0.6) is 0 Å². The molecule has 2 aromatic heterocycles. The van der Waals surface area contributed by atoms with Crippen LogP contribution in [0.25, 0.3) is 22.0 Å². The van der Waals surface area contributed by atoms with Gasteiger partial charge in [0.15, 0.2) is 5.82 Å². The van der Waals surface area contributed by atoms with Crippen molar-refractivity contribution >= 4 is 28.2 Å². The fraction of sp³-hybridized carbons (Fsp3) is 0.269. The Morgan fingerprint density at radius 3 is 2.31 bits per heavy atom. The van der Waals surface area contributed by atoms with E-state index < -0.39 is 23.9 Å². The molecule has 0 bridgehead atoms. The van der Waals surface area contributed by atoms with Gasteiger partial charge in [-0.2, -0.15) is 0 Å². The zero-order chi connectivity index (χ0) is 25.5. The minimum absolute atomic E-state index is 0.148. The van der Waals surface area contributed by atoms with E-state index in [4.69, 9.17) is 11.6 Å². The SMILES string of the molecule is Cc1ccc(F)c([C@H](Nc2c(Cl)c(C)nc3ccc(-c4cnc(C(C)(C)O)nc4)cc23)C(F)F)c1. The van der Waals surface area contributed by atoms with Gasteiger partial charge in [0, 0.05) is 28.9 Å². The maximum atomic E-state index is 14.5. The van der Waals surface area contributed by atoms with E-state index in [1.807, 2.05) is 0 Å². The molecular formula is C26H24ClF3N4O. The number of hydrogen-bond acceptors (Lipinski definition) is 5. The zero-order valence-electron chi connectivity index (χ0n) is 19.6. The topological polar surface area (TPSA) is 70.9 Å². The molecule has 0 saturated carbocycles. The number of hydrogen-bond donors (Lipinski definition) is 2. The number of alkyl halides is 2. The van der Waals surface area contributed by atoms with Gasteiger partial charge in [-0.15, -0.1) is 0 Å². The smallest absolute Gasteiger partial charge is 0.262 e. The summed E-state index contributed by atoms with van der Waals surface area (Å²) in [5, 5.41) is 13.6. The highest BCUT2D eigenvalue weighted by molar-refractivity contribution is 6.35. The second-order valence-corrected chi connectivity index (χ2v) is 9.33. The Kier molecular flexibility index (Phi) is 6.71. The quantitative estimate of drug-likeness (QED) is 0.306. The summed E-state index contributed by atoms with van der Waals surface area (Å²) in [5.74, 6) is -0.464. The Labute approximate surface area is 206 Å². The fourth-order valence-electron chi connectivity index (χ4n) is 3.81. The number of nitrogens with zero attached hydrogens (tertiary/aromatic N) is 3. The third kappa shape index (κ3) is 5.09. The molecule has 0 aliphatic heterocycles. The van der Waals surface area contributed by atoms with Crippen molar-refractivity contribution < 1.29 is 18.3 Å². The average molecular weight is 501 g/mol. The summed E-state index contributed by atoms with van der Waals surface area (Å²) in [5.41, 5.74) is 1.88. The van der Waals surface area contributed by atoms with E-state index in [1.165, 1.54) is 18.2 Å². The van der Waals surface area contributed by atoms with Crippen molar-refractivity contribution in [1.82, 2.24) is 15.0 Å². The van der Waals surface area contributed by atoms with Crippen LogP contribution in [0.15, 0.2) is 48.8 Å². The van der Waals surface area contributed by atoms with Gasteiger partial charge >= 0.3 is 0 Å². The lowest BCUT2D eigenvalue weighted by Gasteiger charge is -2.23. The van der Waals surface area contributed by atoms with E-state index in [-0.39, 0.29) is 22.1 Å². The molecule has 0 radical (unpaired) electrons. The van der Waals surface area contributed by atoms with E-state index in [0.717, 1.165) is 0 Å². The van der Waals surface area contributed by atoms with Crippen molar-refractivity contribution in [1.29, 1.82) is 0 Å². The van der Waals surface area contributed by atoms with Gasteiger partial charge in [-0.3, -0.25) is 4.98 Å². The number of anilines is 1. The largest absolute Gasteiger partial charge is 0.382 e. The van der Waals surface area contributed by atoms with Crippen LogP contribution in [0.3, 0.4) is 0 Å². The number of aromatic nitrogens is 3. The number of aryl methyl sites for hydroxylation is 2. The van der Waals surface area contributed by atoms with E-state index in [9.17, 15) is 18.3 Å². The zero-order valence-corrected chi connectivity index (χ0v) is 20.3. The molecule has 4 aromatic rings. The molecule has 0 saturated heterocycles. The standard InChI is InChI=1S/C26H24ClF3N4O/c1-13-5-7-19(28)17(9-13)23(24(29)30)34-22-18-10-15(6-8-20(18)33-14(2)21(22)27)16-11-31-25(32-12-16)26(3,4)35/h5-12,23-24,35H,1-4H3,(H,33,34)/t23-/m0/s1. The molecule has 182 valence electrons. The first-order valence-corrected chi connectivity index (χ1v) is 11.3. The fourth-order valence-corrected chi connectivity index (χ4v) is 4.01. The first-order chi connectivity index (χ1) is 16.5. The predicted molar refractivity (Wildman–Crippen MR) is 131 cm³/mol. The Hall–Kier alpha value is -3.23. The number of nitrogens with one attached hydrogen (secondary N) is 1. The molecule has 0 unspecified atom stereocenters. The Morgan fingerprint density at radius 2 is 1.69 bits per heavy atom. The highest BCUT2D eigenvalue weighted by Crippen LogP contribution is 2.38. The van der Waals surface area contributed by atoms with Gasteiger partial charge in [0.2, 0.25) is 0 Å². The molecule has 0 amide bonds. The van der Waals surface area contributed by atoms with Crippen molar-refractivity contribution in [3.8, 4) is 11.1 Å². The van der Waals surface area contributed by atoms with Crippen molar-refractivity contribution in [2.45, 2.75) is 45.8 Å². The lowest BCUT2D eigenvalue weighted by molar-refractivity contribution is 0.0687. The van der Waals surface area contributed by atoms with Crippen LogP contribution in [-0.2, 0) is 5.60 Å². The van der Waals surface area contributed by atoms with Gasteiger partial charge in [-0.05, 0) is 51.5 Å². The van der Waals surface area contributed by atoms with Gasteiger partial charge < -0.3 is 10.4 Å². The molecule has 0 fully saturated rings. The molecule has 5 nitrogen and oxygen atoms in total. The molecule has 1 atom stereocenters. The lowest BCUT2D eigenvalue weighted by atomic mass is 10.0. The molecule has 0 aliphatic carbocycles. The maximum absolute atomic E-state index is 14.5. The molecule has 35 heavy (non-hydrogen) atoms. The van der Waals surface area contributed by atoms with E-state index in [2.05, 4.69) is 20.3 Å². The molecule has 2 aromatic carbocycles. The summed E-state index contributed by atoms with van der Waals surface area (Å²) in [6, 6.07) is 7.76. The first-order valence-electron chi connectivity index (χ1n) is 10.9. The third-order valence-electron chi connectivity index (χ3n) is 5.66. The van der Waals surface area contributed by atoms with Gasteiger partial charge in [-0.25, -0.2) is 23.1 Å². The highest BCUT2D eigenvalue weighted by atomic mass is 35.5. The van der Waals surface area contributed by atoms with E-state index in [0.29, 0.717) is 33.3 Å². The summed E-state index contributed by atoms with van der Waals surface area (Å²) in [7, 11) is 0. The number of rotatable bonds is 6. The monoisotopic (exact) mass is 500 g/mol. The van der Waals surface area contributed by atoms with E-state index >= 15 is 0 Å². The molecule has 2 N–H and O–H groups in total. The van der Waals surface area contributed by atoms with Gasteiger partial charge in [0.25, 0.3) is 6.43 Å². The van der Waals surface area contributed by atoms with Crippen molar-refractivity contribution in [3.05, 3.63) is 82.3 Å².